The minimum atomic E-state index is 0.133. The summed E-state index contributed by atoms with van der Waals surface area (Å²) in [4.78, 5) is 24.9. The molecule has 0 bridgehead atoms. The second-order valence-corrected chi connectivity index (χ2v) is 6.57. The van der Waals surface area contributed by atoms with Gasteiger partial charge in [0, 0.05) is 31.3 Å². The number of hydrogen-bond acceptors (Lipinski definition) is 5. The van der Waals surface area contributed by atoms with Gasteiger partial charge in [-0.25, -0.2) is 9.97 Å². The summed E-state index contributed by atoms with van der Waals surface area (Å²) in [6, 6.07) is 4.00. The van der Waals surface area contributed by atoms with Crippen molar-refractivity contribution in [1.29, 1.82) is 0 Å². The van der Waals surface area contributed by atoms with Gasteiger partial charge in [-0.2, -0.15) is 0 Å². The number of fused-ring (bicyclic) bond motifs is 1. The molecule has 0 amide bonds. The van der Waals surface area contributed by atoms with E-state index in [2.05, 4.69) is 32.4 Å². The number of allylic oxidation sites excluding steroid dienone is 4. The first kappa shape index (κ1) is 17.1. The lowest BCUT2D eigenvalue weighted by Gasteiger charge is -2.12. The highest BCUT2D eigenvalue weighted by Crippen LogP contribution is 2.27. The first-order valence-corrected chi connectivity index (χ1v) is 9.09. The molecule has 3 aromatic rings. The van der Waals surface area contributed by atoms with E-state index < -0.39 is 0 Å². The quantitative estimate of drug-likeness (QED) is 0.730. The van der Waals surface area contributed by atoms with Gasteiger partial charge in [-0.3, -0.25) is 14.2 Å². The number of carbonyl (C=O) groups excluding carboxylic acids is 1. The molecular weight excluding hydrogens is 338 g/mol. The largest absolute Gasteiger partial charge is 0.367 e. The molecule has 0 aromatic carbocycles. The Morgan fingerprint density at radius 1 is 1.26 bits per heavy atom. The van der Waals surface area contributed by atoms with Crippen molar-refractivity contribution in [3.05, 3.63) is 72.1 Å². The fourth-order valence-corrected chi connectivity index (χ4v) is 3.29. The van der Waals surface area contributed by atoms with Crippen LogP contribution in [0.15, 0.2) is 60.8 Å². The molecule has 3 heterocycles. The predicted molar refractivity (Wildman–Crippen MR) is 105 cm³/mol. The molecule has 0 atom stereocenters. The number of nitrogens with zero attached hydrogens (tertiary/aromatic N) is 4. The predicted octanol–water partition coefficient (Wildman–Crippen LogP) is 3.47. The summed E-state index contributed by atoms with van der Waals surface area (Å²) in [5.41, 5.74) is 4.83. The van der Waals surface area contributed by atoms with Crippen molar-refractivity contribution in [2.45, 2.75) is 26.2 Å². The first-order valence-electron chi connectivity index (χ1n) is 9.09. The van der Waals surface area contributed by atoms with Crippen LogP contribution < -0.4 is 5.32 Å². The Morgan fingerprint density at radius 2 is 2.19 bits per heavy atom. The van der Waals surface area contributed by atoms with Gasteiger partial charge in [0.15, 0.2) is 17.2 Å². The maximum absolute atomic E-state index is 11.7. The van der Waals surface area contributed by atoms with Crippen LogP contribution in [0, 0.1) is 0 Å². The maximum atomic E-state index is 11.7. The maximum Gasteiger partial charge on any atom is 0.180 e. The molecule has 6 nitrogen and oxygen atoms in total. The number of rotatable bonds is 6. The third-order valence-corrected chi connectivity index (χ3v) is 4.71. The van der Waals surface area contributed by atoms with Crippen molar-refractivity contribution in [1.82, 2.24) is 19.4 Å². The molecule has 0 unspecified atom stereocenters. The fraction of sp³-hybridized carbons (Fsp3) is 0.238. The standard InChI is InChI=1S/C21H21N5O/c1-15(27)17-5-2-6-18(12-17)19-14-25-21-20(24-10-11-26(19)21)23-9-7-16-4-3-8-22-13-16/h3-4,6,8,10-14H,2,5,7,9H2,1H3,(H,23,24). The number of hydrogen-bond donors (Lipinski definition) is 1. The highest BCUT2D eigenvalue weighted by molar-refractivity contribution is 5.97. The molecule has 0 saturated heterocycles. The van der Waals surface area contributed by atoms with Crippen molar-refractivity contribution in [3.8, 4) is 0 Å². The van der Waals surface area contributed by atoms with Crippen LogP contribution in [-0.4, -0.2) is 31.7 Å². The highest BCUT2D eigenvalue weighted by Gasteiger charge is 2.15. The minimum absolute atomic E-state index is 0.133. The number of Topliss-reactive ketones (excluding diaryl/α,β-unsaturated/α-hetero) is 1. The Labute approximate surface area is 157 Å². The molecule has 4 rings (SSSR count). The monoisotopic (exact) mass is 359 g/mol. The van der Waals surface area contributed by atoms with Crippen LogP contribution >= 0.6 is 0 Å². The Morgan fingerprint density at radius 3 is 3.00 bits per heavy atom. The summed E-state index contributed by atoms with van der Waals surface area (Å²) in [5, 5.41) is 3.37. The minimum Gasteiger partial charge on any atom is -0.367 e. The lowest BCUT2D eigenvalue weighted by molar-refractivity contribution is -0.113. The van der Waals surface area contributed by atoms with Crippen LogP contribution in [0.5, 0.6) is 0 Å². The zero-order chi connectivity index (χ0) is 18.6. The second-order valence-electron chi connectivity index (χ2n) is 6.57. The molecule has 1 aliphatic carbocycles. The molecule has 0 saturated carbocycles. The molecule has 0 spiro atoms. The van der Waals surface area contributed by atoms with E-state index in [4.69, 9.17) is 0 Å². The number of anilines is 1. The number of carbonyl (C=O) groups is 1. The fourth-order valence-electron chi connectivity index (χ4n) is 3.29. The van der Waals surface area contributed by atoms with Gasteiger partial charge in [0.05, 0.1) is 11.9 Å². The highest BCUT2D eigenvalue weighted by atomic mass is 16.1. The lowest BCUT2D eigenvalue weighted by atomic mass is 9.95. The molecule has 0 fully saturated rings. The van der Waals surface area contributed by atoms with E-state index in [0.29, 0.717) is 0 Å². The topological polar surface area (TPSA) is 72.2 Å². The van der Waals surface area contributed by atoms with Gasteiger partial charge in [0.2, 0.25) is 0 Å². The smallest absolute Gasteiger partial charge is 0.180 e. The SMILES string of the molecule is CC(=O)C1=CC(c2cnc3c(NCCc4cccnc4)nccn23)=CCC1. The second kappa shape index (κ2) is 7.53. The zero-order valence-electron chi connectivity index (χ0n) is 15.2. The Hall–Kier alpha value is -3.28. The van der Waals surface area contributed by atoms with E-state index in [1.807, 2.05) is 35.1 Å². The van der Waals surface area contributed by atoms with Crippen LogP contribution in [-0.2, 0) is 11.2 Å². The van der Waals surface area contributed by atoms with Crippen LogP contribution in [0.4, 0.5) is 5.82 Å². The first-order chi connectivity index (χ1) is 13.2. The van der Waals surface area contributed by atoms with Crippen LogP contribution in [0.3, 0.4) is 0 Å². The zero-order valence-corrected chi connectivity index (χ0v) is 15.2. The molecule has 27 heavy (non-hydrogen) atoms. The molecule has 6 heteroatoms. The number of aromatic nitrogens is 4. The van der Waals surface area contributed by atoms with Crippen molar-refractivity contribution in [2.75, 3.05) is 11.9 Å². The summed E-state index contributed by atoms with van der Waals surface area (Å²) in [5.74, 6) is 0.883. The normalized spacial score (nSPS) is 14.0. The number of pyridine rings is 1. The van der Waals surface area contributed by atoms with Crippen molar-refractivity contribution in [3.63, 3.8) is 0 Å². The molecule has 1 aliphatic rings. The molecule has 136 valence electrons. The number of ketones is 1. The number of imidazole rings is 1. The average molecular weight is 359 g/mol. The molecule has 1 N–H and O–H groups in total. The van der Waals surface area contributed by atoms with Crippen LogP contribution in [0.1, 0.15) is 31.0 Å². The van der Waals surface area contributed by atoms with Gasteiger partial charge in [0.1, 0.15) is 0 Å². The lowest BCUT2D eigenvalue weighted by Crippen LogP contribution is -2.08. The van der Waals surface area contributed by atoms with E-state index in [9.17, 15) is 4.79 Å². The van der Waals surface area contributed by atoms with E-state index in [1.165, 1.54) is 5.56 Å². The Balaban J connectivity index is 1.57. The van der Waals surface area contributed by atoms with Gasteiger partial charge in [-0.05, 0) is 55.0 Å². The van der Waals surface area contributed by atoms with E-state index in [0.717, 1.165) is 54.1 Å². The van der Waals surface area contributed by atoms with Crippen molar-refractivity contribution in [2.24, 2.45) is 0 Å². The summed E-state index contributed by atoms with van der Waals surface area (Å²) < 4.78 is 2.02. The van der Waals surface area contributed by atoms with E-state index >= 15 is 0 Å². The Kier molecular flexibility index (Phi) is 4.78. The van der Waals surface area contributed by atoms with E-state index in [1.54, 1.807) is 19.3 Å². The van der Waals surface area contributed by atoms with Crippen molar-refractivity contribution < 1.29 is 4.79 Å². The third kappa shape index (κ3) is 3.65. The summed E-state index contributed by atoms with van der Waals surface area (Å²) in [7, 11) is 0. The molecule has 0 radical (unpaired) electrons. The Bertz CT molecular complexity index is 1030. The third-order valence-electron chi connectivity index (χ3n) is 4.71. The van der Waals surface area contributed by atoms with Gasteiger partial charge in [0.25, 0.3) is 0 Å². The summed E-state index contributed by atoms with van der Waals surface area (Å²) in [6.07, 6.45) is 15.8. The van der Waals surface area contributed by atoms with Gasteiger partial charge < -0.3 is 5.32 Å². The average Bonchev–Trinajstić information content (AvgIpc) is 3.14. The van der Waals surface area contributed by atoms with Gasteiger partial charge in [-0.1, -0.05) is 12.1 Å². The summed E-state index contributed by atoms with van der Waals surface area (Å²) in [6.45, 7) is 2.37. The summed E-state index contributed by atoms with van der Waals surface area (Å²) >= 11 is 0. The van der Waals surface area contributed by atoms with Gasteiger partial charge >= 0.3 is 0 Å². The van der Waals surface area contributed by atoms with E-state index in [-0.39, 0.29) is 5.78 Å². The van der Waals surface area contributed by atoms with Gasteiger partial charge in [-0.15, -0.1) is 0 Å². The number of nitrogens with one attached hydrogen (secondary N) is 1. The molecule has 3 aromatic heterocycles. The molecule has 0 aliphatic heterocycles. The van der Waals surface area contributed by atoms with Crippen molar-refractivity contribution >= 4 is 22.8 Å². The van der Waals surface area contributed by atoms with Crippen LogP contribution in [0.25, 0.3) is 11.2 Å². The molecular formula is C21H21N5O. The van der Waals surface area contributed by atoms with Crippen LogP contribution in [0.2, 0.25) is 0 Å².